The lowest BCUT2D eigenvalue weighted by Crippen LogP contribution is -2.35. The molecule has 0 amide bonds. The average molecular weight is 371 g/mol. The maximum absolute atomic E-state index is 11.5. The summed E-state index contributed by atoms with van der Waals surface area (Å²) in [4.78, 5) is 15.8. The van der Waals surface area contributed by atoms with E-state index in [0.717, 1.165) is 11.4 Å². The highest BCUT2D eigenvalue weighted by Gasteiger charge is 2.40. The zero-order valence-electron chi connectivity index (χ0n) is 16.4. The Morgan fingerprint density at radius 2 is 1.61 bits per heavy atom. The lowest BCUT2D eigenvalue weighted by molar-refractivity contribution is 0.101. The molecule has 3 heteroatoms. The van der Waals surface area contributed by atoms with Crippen LogP contribution in [0.4, 0.5) is 0 Å². The van der Waals surface area contributed by atoms with Gasteiger partial charge in [0.25, 0.3) is 0 Å². The highest BCUT2D eigenvalue weighted by molar-refractivity contribution is 5.92. The van der Waals surface area contributed by atoms with Crippen LogP contribution in [0.3, 0.4) is 0 Å². The van der Waals surface area contributed by atoms with Crippen molar-refractivity contribution in [1.82, 2.24) is 4.98 Å². The van der Waals surface area contributed by atoms with E-state index in [2.05, 4.69) is 48.3 Å². The fourth-order valence-electron chi connectivity index (χ4n) is 3.93. The number of nitrogens with zero attached hydrogens (tertiary/aromatic N) is 1. The molecule has 142 valence electrons. The number of aromatic nitrogens is 1. The van der Waals surface area contributed by atoms with Crippen LogP contribution >= 0.6 is 0 Å². The molecule has 0 saturated heterocycles. The Bertz CT molecular complexity index is 970. The minimum absolute atomic E-state index is 0.0342. The summed E-state index contributed by atoms with van der Waals surface area (Å²) >= 11 is 0. The molecule has 0 spiro atoms. The van der Waals surface area contributed by atoms with Gasteiger partial charge >= 0.3 is 0 Å². The molecular weight excluding hydrogens is 346 g/mol. The maximum atomic E-state index is 11.5. The van der Waals surface area contributed by atoms with Gasteiger partial charge in [0, 0.05) is 12.3 Å². The lowest BCUT2D eigenvalue weighted by atomic mass is 9.60. The molecule has 0 N–H and O–H groups in total. The number of carbonyl (C=O) groups excluding carboxylic acids is 1. The van der Waals surface area contributed by atoms with Crippen molar-refractivity contribution in [2.45, 2.75) is 45.1 Å². The summed E-state index contributed by atoms with van der Waals surface area (Å²) in [6.45, 7) is 4.00. The van der Waals surface area contributed by atoms with Gasteiger partial charge in [0.15, 0.2) is 5.78 Å². The first-order valence-corrected chi connectivity index (χ1v) is 9.84. The van der Waals surface area contributed by atoms with Crippen LogP contribution in [0.2, 0.25) is 0 Å². The number of aryl methyl sites for hydroxylation is 1. The second kappa shape index (κ2) is 7.59. The predicted octanol–water partition coefficient (Wildman–Crippen LogP) is 5.64. The third-order valence-electron chi connectivity index (χ3n) is 5.77. The van der Waals surface area contributed by atoms with Gasteiger partial charge in [-0.3, -0.25) is 4.79 Å². The van der Waals surface area contributed by atoms with Crippen molar-refractivity contribution in [2.24, 2.45) is 0 Å². The number of carbonyl (C=O) groups is 1. The molecular formula is C25H25NO2. The molecule has 3 nitrogen and oxygen atoms in total. The van der Waals surface area contributed by atoms with Gasteiger partial charge < -0.3 is 4.74 Å². The van der Waals surface area contributed by atoms with E-state index in [1.807, 2.05) is 24.3 Å². The Hall–Kier alpha value is -2.94. The third kappa shape index (κ3) is 3.57. The molecule has 1 heterocycles. The van der Waals surface area contributed by atoms with Crippen molar-refractivity contribution >= 4 is 5.78 Å². The summed E-state index contributed by atoms with van der Waals surface area (Å²) in [6, 6.07) is 22.8. The van der Waals surface area contributed by atoms with Crippen molar-refractivity contribution < 1.29 is 9.53 Å². The van der Waals surface area contributed by atoms with Gasteiger partial charge in [-0.25, -0.2) is 4.98 Å². The van der Waals surface area contributed by atoms with E-state index in [1.54, 1.807) is 6.07 Å². The zero-order valence-corrected chi connectivity index (χ0v) is 16.4. The molecule has 0 aliphatic heterocycles. The van der Waals surface area contributed by atoms with Crippen molar-refractivity contribution in [3.8, 4) is 5.75 Å². The first-order valence-electron chi connectivity index (χ1n) is 9.84. The van der Waals surface area contributed by atoms with E-state index >= 15 is 0 Å². The number of hydrogen-bond acceptors (Lipinski definition) is 3. The topological polar surface area (TPSA) is 39.2 Å². The van der Waals surface area contributed by atoms with Crippen LogP contribution in [0.1, 0.15) is 59.1 Å². The molecule has 1 saturated carbocycles. The number of Topliss-reactive ketones (excluding diaryl/α,β-unsaturated/α-hetero) is 1. The molecule has 0 atom stereocenters. The molecule has 1 aliphatic rings. The smallest absolute Gasteiger partial charge is 0.178 e. The summed E-state index contributed by atoms with van der Waals surface area (Å²) in [7, 11) is 0. The highest BCUT2D eigenvalue weighted by atomic mass is 16.5. The van der Waals surface area contributed by atoms with Gasteiger partial charge in [0.05, 0.1) is 5.69 Å². The van der Waals surface area contributed by atoms with Crippen LogP contribution < -0.4 is 4.74 Å². The van der Waals surface area contributed by atoms with E-state index in [-0.39, 0.29) is 11.2 Å². The molecule has 28 heavy (non-hydrogen) atoms. The van der Waals surface area contributed by atoms with Crippen LogP contribution in [-0.2, 0) is 12.0 Å². The van der Waals surface area contributed by atoms with Crippen LogP contribution in [0.25, 0.3) is 0 Å². The monoisotopic (exact) mass is 371 g/mol. The summed E-state index contributed by atoms with van der Waals surface area (Å²) in [5.74, 6) is 0.783. The molecule has 4 rings (SSSR count). The number of benzene rings is 2. The van der Waals surface area contributed by atoms with E-state index in [1.165, 1.54) is 42.9 Å². The average Bonchev–Trinajstić information content (AvgIpc) is 2.68. The quantitative estimate of drug-likeness (QED) is 0.526. The standard InChI is InChI=1S/C25H25NO2/c1-18-7-9-20(10-8-18)25(15-4-16-25)21-11-13-23(14-12-21)28-17-22-5-3-6-24(26-22)19(2)27/h3,5-14H,4,15-17H2,1-2H3. The summed E-state index contributed by atoms with van der Waals surface area (Å²) in [5, 5.41) is 0. The normalized spacial score (nSPS) is 14.9. The summed E-state index contributed by atoms with van der Waals surface area (Å²) in [6.07, 6.45) is 3.65. The lowest BCUT2D eigenvalue weighted by Gasteiger charge is -2.43. The Kier molecular flexibility index (Phi) is 4.99. The number of ether oxygens (including phenoxy) is 1. The number of pyridine rings is 1. The first kappa shape index (κ1) is 18.4. The van der Waals surface area contributed by atoms with E-state index < -0.39 is 0 Å². The van der Waals surface area contributed by atoms with E-state index in [4.69, 9.17) is 4.74 Å². The fraction of sp³-hybridized carbons (Fsp3) is 0.280. The van der Waals surface area contributed by atoms with Crippen LogP contribution in [-0.4, -0.2) is 10.8 Å². The molecule has 0 unspecified atom stereocenters. The SMILES string of the molecule is CC(=O)c1cccc(COc2ccc(C3(c4ccc(C)cc4)CCC3)cc2)n1. The summed E-state index contributed by atoms with van der Waals surface area (Å²) < 4.78 is 5.89. The molecule has 2 aromatic carbocycles. The molecule has 1 fully saturated rings. The van der Waals surface area contributed by atoms with Gasteiger partial charge in [0.2, 0.25) is 0 Å². The number of ketones is 1. The van der Waals surface area contributed by atoms with Crippen molar-refractivity contribution in [3.63, 3.8) is 0 Å². The van der Waals surface area contributed by atoms with Gasteiger partial charge in [-0.15, -0.1) is 0 Å². The largest absolute Gasteiger partial charge is 0.487 e. The van der Waals surface area contributed by atoms with Crippen molar-refractivity contribution in [2.75, 3.05) is 0 Å². The van der Waals surface area contributed by atoms with E-state index in [0.29, 0.717) is 12.3 Å². The molecule has 0 bridgehead atoms. The third-order valence-corrected chi connectivity index (χ3v) is 5.77. The van der Waals surface area contributed by atoms with Crippen molar-refractivity contribution in [1.29, 1.82) is 0 Å². The Morgan fingerprint density at radius 3 is 2.18 bits per heavy atom. The maximum Gasteiger partial charge on any atom is 0.178 e. The van der Waals surface area contributed by atoms with Gasteiger partial charge in [0.1, 0.15) is 18.1 Å². The first-order chi connectivity index (χ1) is 13.6. The fourth-order valence-corrected chi connectivity index (χ4v) is 3.93. The van der Waals surface area contributed by atoms with Crippen molar-refractivity contribution in [3.05, 3.63) is 94.8 Å². The molecule has 1 aromatic heterocycles. The second-order valence-corrected chi connectivity index (χ2v) is 7.69. The van der Waals surface area contributed by atoms with Gasteiger partial charge in [-0.1, -0.05) is 54.4 Å². The highest BCUT2D eigenvalue weighted by Crippen LogP contribution is 2.49. The summed E-state index contributed by atoms with van der Waals surface area (Å²) in [5.41, 5.74) is 5.43. The minimum Gasteiger partial charge on any atom is -0.487 e. The Balaban J connectivity index is 1.48. The molecule has 0 radical (unpaired) electrons. The Labute approximate surface area is 166 Å². The van der Waals surface area contributed by atoms with Gasteiger partial charge in [-0.05, 0) is 55.2 Å². The van der Waals surface area contributed by atoms with Crippen LogP contribution in [0.5, 0.6) is 5.75 Å². The second-order valence-electron chi connectivity index (χ2n) is 7.69. The predicted molar refractivity (Wildman–Crippen MR) is 111 cm³/mol. The molecule has 1 aliphatic carbocycles. The van der Waals surface area contributed by atoms with Crippen LogP contribution in [0.15, 0.2) is 66.7 Å². The Morgan fingerprint density at radius 1 is 0.964 bits per heavy atom. The number of rotatable bonds is 6. The molecule has 3 aromatic rings. The zero-order chi connectivity index (χ0) is 19.6. The van der Waals surface area contributed by atoms with Crippen LogP contribution in [0, 0.1) is 6.92 Å². The minimum atomic E-state index is -0.0342. The van der Waals surface area contributed by atoms with Gasteiger partial charge in [-0.2, -0.15) is 0 Å². The number of hydrogen-bond donors (Lipinski definition) is 0. The van der Waals surface area contributed by atoms with E-state index in [9.17, 15) is 4.79 Å².